The van der Waals surface area contributed by atoms with Crippen molar-refractivity contribution in [1.29, 1.82) is 0 Å². The molecule has 1 aliphatic carbocycles. The number of carbonyl (C=O) groups is 1. The maximum absolute atomic E-state index is 11.9. The topological polar surface area (TPSA) is 64.8 Å². The monoisotopic (exact) mass is 510 g/mol. The number of piperidine rings is 1. The van der Waals surface area contributed by atoms with Crippen molar-refractivity contribution in [3.05, 3.63) is 89.1 Å². The summed E-state index contributed by atoms with van der Waals surface area (Å²) in [5, 5.41) is 0. The quantitative estimate of drug-likeness (QED) is 0.265. The van der Waals surface area contributed by atoms with Crippen LogP contribution in [0.3, 0.4) is 0 Å². The Morgan fingerprint density at radius 3 is 2.71 bits per heavy atom. The van der Waals surface area contributed by atoms with Gasteiger partial charge in [0.05, 0.1) is 31.7 Å². The van der Waals surface area contributed by atoms with Crippen LogP contribution in [0.15, 0.2) is 65.2 Å². The van der Waals surface area contributed by atoms with E-state index in [1.807, 2.05) is 24.3 Å². The van der Waals surface area contributed by atoms with Gasteiger partial charge in [0.1, 0.15) is 11.5 Å². The number of benzene rings is 2. The lowest BCUT2D eigenvalue weighted by molar-refractivity contribution is -0.143. The number of esters is 1. The number of oxazole rings is 1. The molecule has 1 atom stereocenters. The minimum atomic E-state index is -0.245. The van der Waals surface area contributed by atoms with Crippen LogP contribution in [-0.2, 0) is 28.1 Å². The molecule has 2 heterocycles. The highest BCUT2D eigenvalue weighted by Gasteiger charge is 2.37. The number of fused-ring (bicyclic) bond motifs is 2. The zero-order valence-corrected chi connectivity index (χ0v) is 22.1. The van der Waals surface area contributed by atoms with E-state index in [1.54, 1.807) is 20.0 Å². The molecule has 38 heavy (non-hydrogen) atoms. The van der Waals surface area contributed by atoms with Crippen LogP contribution in [0.1, 0.15) is 67.4 Å². The third-order valence-corrected chi connectivity index (χ3v) is 7.45. The number of nitrogens with zero attached hydrogens (tertiary/aromatic N) is 2. The molecule has 0 N–H and O–H groups in total. The maximum Gasteiger partial charge on any atom is 0.307 e. The minimum absolute atomic E-state index is 0.186. The summed E-state index contributed by atoms with van der Waals surface area (Å²) in [5.41, 5.74) is 3.98. The number of allylic oxidation sites excluding steroid dienone is 1. The van der Waals surface area contributed by atoms with Crippen LogP contribution in [-0.4, -0.2) is 35.5 Å². The molecule has 2 aliphatic rings. The number of hydrogen-bond acceptors (Lipinski definition) is 6. The molecule has 5 rings (SSSR count). The molecule has 1 unspecified atom stereocenters. The molecule has 0 amide bonds. The van der Waals surface area contributed by atoms with Crippen LogP contribution in [0.25, 0.3) is 6.08 Å². The first kappa shape index (κ1) is 25.8. The van der Waals surface area contributed by atoms with Gasteiger partial charge in [-0.1, -0.05) is 54.5 Å². The number of carbonyl (C=O) groups excluding carboxylic acids is 1. The van der Waals surface area contributed by atoms with Gasteiger partial charge >= 0.3 is 5.97 Å². The molecule has 1 saturated heterocycles. The maximum atomic E-state index is 11.9. The van der Waals surface area contributed by atoms with E-state index in [0.717, 1.165) is 43.8 Å². The van der Waals surface area contributed by atoms with Crippen LogP contribution in [0.4, 0.5) is 0 Å². The summed E-state index contributed by atoms with van der Waals surface area (Å²) in [6, 6.07) is 16.4. The van der Waals surface area contributed by atoms with Crippen molar-refractivity contribution >= 4 is 12.0 Å². The van der Waals surface area contributed by atoms with E-state index in [1.165, 1.54) is 11.1 Å². The number of hydrogen-bond donors (Lipinski definition) is 0. The standard InChI is InChI=1S/C32H34N2O4/c1-3-7-26(20-31(35)36-4-2)24-10-12-27(13-11-24)37-23-30-33-21-28(38-30)22-34-18-16-32(17-19-34)15-14-25-8-5-6-9-29(25)32/h5-6,8-15,21,26H,4,16-20,22-23H2,1-2H3. The Kier molecular flexibility index (Phi) is 7.95. The van der Waals surface area contributed by atoms with Crippen LogP contribution in [0, 0.1) is 11.8 Å². The van der Waals surface area contributed by atoms with Gasteiger partial charge in [-0.25, -0.2) is 4.98 Å². The largest absolute Gasteiger partial charge is 0.484 e. The summed E-state index contributed by atoms with van der Waals surface area (Å²) in [7, 11) is 0. The average Bonchev–Trinajstić information content (AvgIpc) is 3.54. The molecule has 2 aromatic carbocycles. The zero-order chi connectivity index (χ0) is 26.4. The van der Waals surface area contributed by atoms with E-state index in [0.29, 0.717) is 18.2 Å². The van der Waals surface area contributed by atoms with Crippen molar-refractivity contribution in [2.45, 2.75) is 57.6 Å². The van der Waals surface area contributed by atoms with E-state index >= 15 is 0 Å². The molecule has 0 radical (unpaired) electrons. The Balaban J connectivity index is 1.11. The summed E-state index contributed by atoms with van der Waals surface area (Å²) in [5.74, 6) is 7.68. The Morgan fingerprint density at radius 1 is 1.16 bits per heavy atom. The third-order valence-electron chi connectivity index (χ3n) is 7.45. The van der Waals surface area contributed by atoms with E-state index in [2.05, 4.69) is 58.1 Å². The highest BCUT2D eigenvalue weighted by molar-refractivity contribution is 5.71. The SMILES string of the molecule is CC#CC(CC(=O)OCC)c1ccc(OCc2ncc(CN3CCC4(C=Cc5ccccc54)CC3)o2)cc1. The fourth-order valence-electron chi connectivity index (χ4n) is 5.44. The van der Waals surface area contributed by atoms with Gasteiger partial charge < -0.3 is 13.9 Å². The lowest BCUT2D eigenvalue weighted by Crippen LogP contribution is -2.40. The zero-order valence-electron chi connectivity index (χ0n) is 22.1. The Morgan fingerprint density at radius 2 is 1.95 bits per heavy atom. The van der Waals surface area contributed by atoms with Crippen molar-refractivity contribution in [2.24, 2.45) is 0 Å². The van der Waals surface area contributed by atoms with E-state index in [4.69, 9.17) is 13.9 Å². The minimum Gasteiger partial charge on any atom is -0.484 e. The lowest BCUT2D eigenvalue weighted by atomic mass is 9.74. The molecule has 1 fully saturated rings. The second kappa shape index (κ2) is 11.7. The smallest absolute Gasteiger partial charge is 0.307 e. The molecule has 1 aromatic heterocycles. The Labute approximate surface area is 224 Å². The molecule has 6 nitrogen and oxygen atoms in total. The molecule has 0 bridgehead atoms. The first-order valence-corrected chi connectivity index (χ1v) is 13.3. The van der Waals surface area contributed by atoms with Gasteiger partial charge in [0.15, 0.2) is 6.61 Å². The van der Waals surface area contributed by atoms with Crippen molar-refractivity contribution in [3.8, 4) is 17.6 Å². The van der Waals surface area contributed by atoms with Crippen molar-refractivity contribution < 1.29 is 18.7 Å². The first-order valence-electron chi connectivity index (χ1n) is 13.3. The number of rotatable bonds is 9. The molecule has 196 valence electrons. The fourth-order valence-corrected chi connectivity index (χ4v) is 5.44. The number of ether oxygens (including phenoxy) is 2. The van der Waals surface area contributed by atoms with Gasteiger partial charge in [0.25, 0.3) is 0 Å². The summed E-state index contributed by atoms with van der Waals surface area (Å²) >= 11 is 0. The van der Waals surface area contributed by atoms with Crippen LogP contribution < -0.4 is 4.74 Å². The Hall–Kier alpha value is -3.82. The number of aromatic nitrogens is 1. The molecular formula is C32H34N2O4. The fraction of sp³-hybridized carbons (Fsp3) is 0.375. The van der Waals surface area contributed by atoms with Gasteiger partial charge in [-0.05, 0) is 68.6 Å². The summed E-state index contributed by atoms with van der Waals surface area (Å²) in [6.45, 7) is 7.00. The molecule has 1 spiro atoms. The van der Waals surface area contributed by atoms with Crippen molar-refractivity contribution in [1.82, 2.24) is 9.88 Å². The van der Waals surface area contributed by atoms with E-state index in [-0.39, 0.29) is 30.3 Å². The molecule has 3 aromatic rings. The van der Waals surface area contributed by atoms with Gasteiger partial charge in [0, 0.05) is 5.41 Å². The predicted octanol–water partition coefficient (Wildman–Crippen LogP) is 5.87. The normalized spacial score (nSPS) is 16.5. The highest BCUT2D eigenvalue weighted by Crippen LogP contribution is 2.43. The van der Waals surface area contributed by atoms with E-state index in [9.17, 15) is 4.79 Å². The lowest BCUT2D eigenvalue weighted by Gasteiger charge is -2.39. The van der Waals surface area contributed by atoms with Crippen LogP contribution in [0.5, 0.6) is 5.75 Å². The summed E-state index contributed by atoms with van der Waals surface area (Å²) < 4.78 is 17.0. The van der Waals surface area contributed by atoms with E-state index < -0.39 is 0 Å². The Bertz CT molecular complexity index is 1340. The van der Waals surface area contributed by atoms with Gasteiger partial charge in [0.2, 0.25) is 5.89 Å². The third kappa shape index (κ3) is 5.84. The molecule has 0 saturated carbocycles. The van der Waals surface area contributed by atoms with Gasteiger partial charge in [-0.2, -0.15) is 0 Å². The first-order chi connectivity index (χ1) is 18.6. The summed E-state index contributed by atoms with van der Waals surface area (Å²) in [4.78, 5) is 18.8. The van der Waals surface area contributed by atoms with Gasteiger partial charge in [-0.15, -0.1) is 5.92 Å². The van der Waals surface area contributed by atoms with Crippen molar-refractivity contribution in [3.63, 3.8) is 0 Å². The van der Waals surface area contributed by atoms with Crippen molar-refractivity contribution in [2.75, 3.05) is 19.7 Å². The average molecular weight is 511 g/mol. The number of likely N-dealkylation sites (tertiary alicyclic amines) is 1. The highest BCUT2D eigenvalue weighted by atomic mass is 16.5. The summed E-state index contributed by atoms with van der Waals surface area (Å²) in [6.07, 6.45) is 8.96. The molecule has 1 aliphatic heterocycles. The van der Waals surface area contributed by atoms with Crippen LogP contribution >= 0.6 is 0 Å². The predicted molar refractivity (Wildman–Crippen MR) is 146 cm³/mol. The molecular weight excluding hydrogens is 476 g/mol. The second-order valence-electron chi connectivity index (χ2n) is 9.89. The second-order valence-corrected chi connectivity index (χ2v) is 9.89. The van der Waals surface area contributed by atoms with Crippen LogP contribution in [0.2, 0.25) is 0 Å². The molecule has 6 heteroatoms. The van der Waals surface area contributed by atoms with Gasteiger partial charge in [-0.3, -0.25) is 9.69 Å².